The van der Waals surface area contributed by atoms with Crippen LogP contribution in [0.4, 0.5) is 11.9 Å². The van der Waals surface area contributed by atoms with Gasteiger partial charge in [-0.15, -0.1) is 5.10 Å². The summed E-state index contributed by atoms with van der Waals surface area (Å²) in [4.78, 5) is 14.6. The number of thioether (sulfide) groups is 1. The van der Waals surface area contributed by atoms with Crippen LogP contribution in [-0.2, 0) is 6.54 Å². The van der Waals surface area contributed by atoms with Crippen molar-refractivity contribution < 1.29 is 4.74 Å². The third kappa shape index (κ3) is 4.61. The Bertz CT molecular complexity index is 897. The molecule has 0 saturated heterocycles. The summed E-state index contributed by atoms with van der Waals surface area (Å²) in [6.07, 6.45) is 0. The van der Waals surface area contributed by atoms with E-state index in [9.17, 15) is 0 Å². The normalized spacial score (nSPS) is 12.0. The highest BCUT2D eigenvalue weighted by atomic mass is 32.2. The minimum atomic E-state index is -0.102. The van der Waals surface area contributed by atoms with Gasteiger partial charge < -0.3 is 15.4 Å². The van der Waals surface area contributed by atoms with Crippen molar-refractivity contribution in [2.75, 3.05) is 31.8 Å². The van der Waals surface area contributed by atoms with Crippen LogP contribution in [0.3, 0.4) is 0 Å². The van der Waals surface area contributed by atoms with E-state index in [1.807, 2.05) is 45.3 Å². The fourth-order valence-corrected chi connectivity index (χ4v) is 3.11. The van der Waals surface area contributed by atoms with Crippen molar-refractivity contribution in [3.05, 3.63) is 35.7 Å². The number of hydrogen-bond acceptors (Lipinski definition) is 10. The van der Waals surface area contributed by atoms with E-state index in [2.05, 4.69) is 30.5 Å². The van der Waals surface area contributed by atoms with Gasteiger partial charge in [-0.05, 0) is 35.0 Å². The predicted octanol–water partition coefficient (Wildman–Crippen LogP) is 1.42. The molecule has 0 aliphatic rings. The van der Waals surface area contributed by atoms with Crippen molar-refractivity contribution in [2.45, 2.75) is 23.9 Å². The summed E-state index contributed by atoms with van der Waals surface area (Å²) in [7, 11) is 5.35. The first-order valence-corrected chi connectivity index (χ1v) is 9.08. The van der Waals surface area contributed by atoms with E-state index < -0.39 is 0 Å². The molecule has 11 heteroatoms. The summed E-state index contributed by atoms with van der Waals surface area (Å²) in [6, 6.07) is 7.78. The third-order valence-corrected chi connectivity index (χ3v) is 4.76. The smallest absolute Gasteiger partial charge is 0.229 e. The van der Waals surface area contributed by atoms with Gasteiger partial charge in [0.15, 0.2) is 0 Å². The summed E-state index contributed by atoms with van der Waals surface area (Å²) in [6.45, 7) is 2.53. The van der Waals surface area contributed by atoms with Crippen LogP contribution in [0.1, 0.15) is 23.6 Å². The first-order valence-electron chi connectivity index (χ1n) is 8.20. The zero-order chi connectivity index (χ0) is 19.4. The third-order valence-electron chi connectivity index (χ3n) is 3.69. The highest BCUT2D eigenvalue weighted by Gasteiger charge is 2.18. The summed E-state index contributed by atoms with van der Waals surface area (Å²) in [5, 5.41) is 12.6. The van der Waals surface area contributed by atoms with Gasteiger partial charge in [-0.2, -0.15) is 15.0 Å². The Morgan fingerprint density at radius 2 is 1.93 bits per heavy atom. The van der Waals surface area contributed by atoms with Gasteiger partial charge in [0.25, 0.3) is 0 Å². The number of rotatable bonds is 7. The number of benzene rings is 1. The first kappa shape index (κ1) is 18.8. The number of anilines is 2. The van der Waals surface area contributed by atoms with Gasteiger partial charge >= 0.3 is 0 Å². The number of nitrogen functional groups attached to an aromatic ring is 1. The van der Waals surface area contributed by atoms with E-state index >= 15 is 0 Å². The summed E-state index contributed by atoms with van der Waals surface area (Å²) in [5.41, 5.74) is 6.88. The molecule has 1 unspecified atom stereocenters. The molecule has 0 aliphatic carbocycles. The molecule has 10 nitrogen and oxygen atoms in total. The average Bonchev–Trinajstić information content (AvgIpc) is 3.08. The maximum atomic E-state index is 5.81. The predicted molar refractivity (Wildman–Crippen MR) is 103 cm³/mol. The van der Waals surface area contributed by atoms with Gasteiger partial charge in [0.05, 0.1) is 18.9 Å². The molecule has 0 amide bonds. The monoisotopic (exact) mass is 387 g/mol. The molecule has 0 spiro atoms. The van der Waals surface area contributed by atoms with Crippen LogP contribution in [-0.4, -0.2) is 56.4 Å². The second-order valence-electron chi connectivity index (χ2n) is 5.97. The second kappa shape index (κ2) is 8.16. The molecule has 0 aliphatic heterocycles. The Balaban J connectivity index is 1.75. The van der Waals surface area contributed by atoms with E-state index in [-0.39, 0.29) is 11.2 Å². The van der Waals surface area contributed by atoms with E-state index in [1.54, 1.807) is 16.7 Å². The lowest BCUT2D eigenvalue weighted by Crippen LogP contribution is -2.16. The number of methoxy groups -OCH3 is 1. The zero-order valence-electron chi connectivity index (χ0n) is 15.6. The molecule has 0 fully saturated rings. The molecule has 0 bridgehead atoms. The lowest BCUT2D eigenvalue weighted by molar-refractivity contribution is 0.414. The van der Waals surface area contributed by atoms with Crippen molar-refractivity contribution in [3.8, 4) is 5.75 Å². The number of hydrogen-bond donors (Lipinski definition) is 1. The van der Waals surface area contributed by atoms with Gasteiger partial charge in [-0.1, -0.05) is 23.9 Å². The highest BCUT2D eigenvalue weighted by molar-refractivity contribution is 7.99. The minimum Gasteiger partial charge on any atom is -0.497 e. The maximum Gasteiger partial charge on any atom is 0.229 e. The van der Waals surface area contributed by atoms with Crippen LogP contribution in [0.2, 0.25) is 0 Å². The fourth-order valence-electron chi connectivity index (χ4n) is 2.27. The van der Waals surface area contributed by atoms with Gasteiger partial charge in [-0.25, -0.2) is 4.68 Å². The quantitative estimate of drug-likeness (QED) is 0.596. The SMILES string of the molecule is COc1ccc(Cn2nnnc2SC(C)c2nc(N)nc(N(C)C)n2)cc1. The Kier molecular flexibility index (Phi) is 5.69. The fraction of sp³-hybridized carbons (Fsp3) is 0.375. The van der Waals surface area contributed by atoms with E-state index in [0.29, 0.717) is 23.5 Å². The van der Waals surface area contributed by atoms with Gasteiger partial charge in [0.2, 0.25) is 17.1 Å². The van der Waals surface area contributed by atoms with Crippen LogP contribution in [0, 0.1) is 0 Å². The van der Waals surface area contributed by atoms with E-state index in [4.69, 9.17) is 10.5 Å². The van der Waals surface area contributed by atoms with Crippen molar-refractivity contribution >= 4 is 23.7 Å². The first-order chi connectivity index (χ1) is 13.0. The zero-order valence-corrected chi connectivity index (χ0v) is 16.4. The van der Waals surface area contributed by atoms with Crippen LogP contribution >= 0.6 is 11.8 Å². The largest absolute Gasteiger partial charge is 0.497 e. The molecule has 3 rings (SSSR count). The van der Waals surface area contributed by atoms with Crippen molar-refractivity contribution in [1.82, 2.24) is 35.2 Å². The lowest BCUT2D eigenvalue weighted by Gasteiger charge is -2.14. The van der Waals surface area contributed by atoms with Gasteiger partial charge in [0.1, 0.15) is 11.6 Å². The van der Waals surface area contributed by atoms with Crippen LogP contribution in [0.15, 0.2) is 29.4 Å². The maximum absolute atomic E-state index is 5.81. The number of tetrazole rings is 1. The van der Waals surface area contributed by atoms with E-state index in [1.165, 1.54) is 11.8 Å². The second-order valence-corrected chi connectivity index (χ2v) is 7.28. The molecule has 3 aromatic rings. The Hall–Kier alpha value is -2.95. The molecule has 0 saturated carbocycles. The average molecular weight is 387 g/mol. The van der Waals surface area contributed by atoms with Gasteiger partial charge in [-0.3, -0.25) is 0 Å². The Labute approximate surface area is 161 Å². The molecule has 1 aromatic carbocycles. The van der Waals surface area contributed by atoms with Crippen LogP contribution < -0.4 is 15.4 Å². The molecule has 0 radical (unpaired) electrons. The molecular formula is C16H21N9OS. The Morgan fingerprint density at radius 3 is 2.59 bits per heavy atom. The Morgan fingerprint density at radius 1 is 1.19 bits per heavy atom. The molecule has 27 heavy (non-hydrogen) atoms. The lowest BCUT2D eigenvalue weighted by atomic mass is 10.2. The molecule has 2 N–H and O–H groups in total. The van der Waals surface area contributed by atoms with Crippen LogP contribution in [0.25, 0.3) is 0 Å². The molecule has 142 valence electrons. The standard InChI is InChI=1S/C16H21N9OS/c1-10(13-18-14(17)20-15(19-13)24(2)3)27-16-21-22-23-25(16)9-11-5-7-12(26-4)8-6-11/h5-8,10H,9H2,1-4H3,(H2,17,18,19,20). The van der Waals surface area contributed by atoms with Crippen molar-refractivity contribution in [2.24, 2.45) is 0 Å². The van der Waals surface area contributed by atoms with Crippen molar-refractivity contribution in [3.63, 3.8) is 0 Å². The number of nitrogens with two attached hydrogens (primary N) is 1. The summed E-state index contributed by atoms with van der Waals surface area (Å²) >= 11 is 1.46. The summed E-state index contributed by atoms with van der Waals surface area (Å²) in [5.74, 6) is 2.09. The highest BCUT2D eigenvalue weighted by Crippen LogP contribution is 2.32. The molecule has 1 atom stereocenters. The number of aromatic nitrogens is 7. The molecular weight excluding hydrogens is 366 g/mol. The molecule has 2 heterocycles. The van der Waals surface area contributed by atoms with E-state index in [0.717, 1.165) is 11.3 Å². The van der Waals surface area contributed by atoms with Crippen molar-refractivity contribution in [1.29, 1.82) is 0 Å². The van der Waals surface area contributed by atoms with Gasteiger partial charge in [0, 0.05) is 14.1 Å². The number of ether oxygens (including phenoxy) is 1. The topological polar surface area (TPSA) is 121 Å². The summed E-state index contributed by atoms with van der Waals surface area (Å²) < 4.78 is 6.92. The van der Waals surface area contributed by atoms with Crippen LogP contribution in [0.5, 0.6) is 5.75 Å². The number of nitrogens with zero attached hydrogens (tertiary/aromatic N) is 8. The minimum absolute atomic E-state index is 0.102. The molecule has 2 aromatic heterocycles.